The Hall–Kier alpha value is -2.89. The third-order valence-corrected chi connectivity index (χ3v) is 3.99. The van der Waals surface area contributed by atoms with E-state index in [0.717, 1.165) is 6.07 Å². The lowest BCUT2D eigenvalue weighted by molar-refractivity contribution is 0.0676. The van der Waals surface area contributed by atoms with E-state index in [2.05, 4.69) is 0 Å². The van der Waals surface area contributed by atoms with Crippen molar-refractivity contribution in [2.45, 2.75) is 0 Å². The molecule has 0 aromatic heterocycles. The van der Waals surface area contributed by atoms with Crippen molar-refractivity contribution >= 4 is 35.1 Å². The predicted octanol–water partition coefficient (Wildman–Crippen LogP) is 5.57. The highest BCUT2D eigenvalue weighted by Gasteiger charge is 2.19. The van der Waals surface area contributed by atoms with Crippen LogP contribution in [0.5, 0.6) is 11.5 Å². The topological polar surface area (TPSA) is 52.6 Å². The largest absolute Gasteiger partial charge is 0.419 e. The zero-order valence-electron chi connectivity index (χ0n) is 13.6. The molecule has 27 heavy (non-hydrogen) atoms. The molecule has 0 aliphatic carbocycles. The number of carbonyl (C=O) groups excluding carboxylic acids is 2. The van der Waals surface area contributed by atoms with E-state index in [1.165, 1.54) is 60.7 Å². The summed E-state index contributed by atoms with van der Waals surface area (Å²) in [5, 5.41) is 0.893. The first-order chi connectivity index (χ1) is 12.9. The van der Waals surface area contributed by atoms with Crippen LogP contribution in [0, 0.1) is 5.82 Å². The van der Waals surface area contributed by atoms with Crippen molar-refractivity contribution < 1.29 is 23.5 Å². The normalized spacial score (nSPS) is 10.3. The minimum absolute atomic E-state index is 0.164. The van der Waals surface area contributed by atoms with Crippen LogP contribution in [-0.2, 0) is 0 Å². The molecule has 0 aliphatic rings. The van der Waals surface area contributed by atoms with Crippen molar-refractivity contribution in [2.75, 3.05) is 0 Å². The Morgan fingerprint density at radius 3 is 1.70 bits per heavy atom. The van der Waals surface area contributed by atoms with Crippen LogP contribution in [0.3, 0.4) is 0 Å². The molecule has 0 saturated heterocycles. The Bertz CT molecular complexity index is 986. The molecule has 0 aliphatic heterocycles. The molecule has 0 unspecified atom stereocenters. The summed E-state index contributed by atoms with van der Waals surface area (Å²) in [6, 6.07) is 15.6. The first kappa shape index (κ1) is 18.9. The number of esters is 2. The van der Waals surface area contributed by atoms with Crippen LogP contribution in [0.25, 0.3) is 0 Å². The molecule has 7 heteroatoms. The van der Waals surface area contributed by atoms with Crippen LogP contribution in [0.4, 0.5) is 4.39 Å². The van der Waals surface area contributed by atoms with Gasteiger partial charge in [-0.3, -0.25) is 0 Å². The summed E-state index contributed by atoms with van der Waals surface area (Å²) in [7, 11) is 0. The molecule has 136 valence electrons. The molecule has 0 bridgehead atoms. The van der Waals surface area contributed by atoms with Crippen molar-refractivity contribution in [1.82, 2.24) is 0 Å². The Balaban J connectivity index is 1.83. The Morgan fingerprint density at radius 1 is 0.704 bits per heavy atom. The van der Waals surface area contributed by atoms with E-state index < -0.39 is 23.5 Å². The molecule has 3 aromatic carbocycles. The minimum atomic E-state index is -0.848. The summed E-state index contributed by atoms with van der Waals surface area (Å²) in [6.45, 7) is 0. The van der Waals surface area contributed by atoms with E-state index in [1.807, 2.05) is 0 Å². The SMILES string of the molecule is O=C(Oc1cccc(F)c1OC(=O)c1ccc(Cl)cc1)c1ccc(Cl)cc1. The molecule has 0 N–H and O–H groups in total. The maximum absolute atomic E-state index is 14.2. The van der Waals surface area contributed by atoms with Crippen LogP contribution in [0.2, 0.25) is 10.0 Å². The van der Waals surface area contributed by atoms with Crippen LogP contribution < -0.4 is 9.47 Å². The Kier molecular flexibility index (Phi) is 5.74. The lowest BCUT2D eigenvalue weighted by atomic mass is 10.2. The smallest absolute Gasteiger partial charge is 0.343 e. The van der Waals surface area contributed by atoms with Gasteiger partial charge >= 0.3 is 11.9 Å². The van der Waals surface area contributed by atoms with E-state index in [-0.39, 0.29) is 16.9 Å². The van der Waals surface area contributed by atoms with Crippen molar-refractivity contribution in [2.24, 2.45) is 0 Å². The number of halogens is 3. The third kappa shape index (κ3) is 4.64. The Morgan fingerprint density at radius 2 is 1.19 bits per heavy atom. The van der Waals surface area contributed by atoms with Gasteiger partial charge in [-0.2, -0.15) is 0 Å². The van der Waals surface area contributed by atoms with E-state index in [4.69, 9.17) is 32.7 Å². The fourth-order valence-electron chi connectivity index (χ4n) is 2.15. The molecule has 4 nitrogen and oxygen atoms in total. The van der Waals surface area contributed by atoms with Gasteiger partial charge in [-0.15, -0.1) is 0 Å². The molecule has 0 radical (unpaired) electrons. The minimum Gasteiger partial charge on any atom is -0.419 e. The van der Waals surface area contributed by atoms with E-state index in [9.17, 15) is 14.0 Å². The molecule has 0 saturated carbocycles. The number of ether oxygens (including phenoxy) is 2. The first-order valence-electron chi connectivity index (χ1n) is 7.68. The zero-order chi connectivity index (χ0) is 19.4. The second-order valence-electron chi connectivity index (χ2n) is 5.36. The number of hydrogen-bond donors (Lipinski definition) is 0. The average Bonchev–Trinajstić information content (AvgIpc) is 2.65. The highest BCUT2D eigenvalue weighted by atomic mass is 35.5. The molecular formula is C20H11Cl2FO4. The van der Waals surface area contributed by atoms with Gasteiger partial charge < -0.3 is 9.47 Å². The predicted molar refractivity (Wildman–Crippen MR) is 99.2 cm³/mol. The molecule has 3 aromatic rings. The molecule has 0 spiro atoms. The van der Waals surface area contributed by atoms with Crippen molar-refractivity contribution in [3.8, 4) is 11.5 Å². The van der Waals surface area contributed by atoms with Gasteiger partial charge in [0.15, 0.2) is 11.6 Å². The molecule has 0 heterocycles. The fourth-order valence-corrected chi connectivity index (χ4v) is 2.40. The van der Waals surface area contributed by atoms with Gasteiger partial charge in [-0.1, -0.05) is 29.3 Å². The van der Waals surface area contributed by atoms with Gasteiger partial charge in [0, 0.05) is 10.0 Å². The fraction of sp³-hybridized carbons (Fsp3) is 0. The summed E-state index contributed by atoms with van der Waals surface area (Å²) in [4.78, 5) is 24.5. The maximum Gasteiger partial charge on any atom is 0.343 e. The second kappa shape index (κ2) is 8.20. The van der Waals surface area contributed by atoms with Crippen molar-refractivity contribution in [1.29, 1.82) is 0 Å². The highest BCUT2D eigenvalue weighted by molar-refractivity contribution is 6.31. The summed E-state index contributed by atoms with van der Waals surface area (Å²) in [5.74, 6) is -3.13. The third-order valence-electron chi connectivity index (χ3n) is 3.49. The van der Waals surface area contributed by atoms with Crippen molar-refractivity contribution in [3.05, 3.63) is 93.7 Å². The first-order valence-corrected chi connectivity index (χ1v) is 8.43. The van der Waals surface area contributed by atoms with E-state index in [1.54, 1.807) is 0 Å². The highest BCUT2D eigenvalue weighted by Crippen LogP contribution is 2.31. The van der Waals surface area contributed by atoms with Gasteiger partial charge in [-0.25, -0.2) is 14.0 Å². The number of hydrogen-bond acceptors (Lipinski definition) is 4. The number of para-hydroxylation sites is 1. The summed E-state index contributed by atoms with van der Waals surface area (Å²) in [5.41, 5.74) is 0.372. The monoisotopic (exact) mass is 404 g/mol. The number of benzene rings is 3. The Labute approximate surface area is 164 Å². The van der Waals surface area contributed by atoms with Gasteiger partial charge in [0.05, 0.1) is 11.1 Å². The van der Waals surface area contributed by atoms with E-state index >= 15 is 0 Å². The average molecular weight is 405 g/mol. The van der Waals surface area contributed by atoms with Gasteiger partial charge in [0.2, 0.25) is 5.75 Å². The molecule has 3 rings (SSSR count). The van der Waals surface area contributed by atoms with Gasteiger partial charge in [-0.05, 0) is 60.7 Å². The summed E-state index contributed by atoms with van der Waals surface area (Å²) >= 11 is 11.6. The van der Waals surface area contributed by atoms with E-state index in [0.29, 0.717) is 10.0 Å². The zero-order valence-corrected chi connectivity index (χ0v) is 15.1. The summed E-state index contributed by atoms with van der Waals surface area (Å²) in [6.07, 6.45) is 0. The van der Waals surface area contributed by atoms with Gasteiger partial charge in [0.1, 0.15) is 0 Å². The number of rotatable bonds is 4. The second-order valence-corrected chi connectivity index (χ2v) is 6.23. The number of carbonyl (C=O) groups is 2. The van der Waals surface area contributed by atoms with Crippen LogP contribution in [0.15, 0.2) is 66.7 Å². The quantitative estimate of drug-likeness (QED) is 0.421. The van der Waals surface area contributed by atoms with Gasteiger partial charge in [0.25, 0.3) is 0 Å². The molecular weight excluding hydrogens is 394 g/mol. The lowest BCUT2D eigenvalue weighted by Crippen LogP contribution is -2.13. The molecule has 0 atom stereocenters. The standard InChI is InChI=1S/C20H11Cl2FO4/c21-14-8-4-12(5-9-14)19(24)26-17-3-1-2-16(23)18(17)27-20(25)13-6-10-15(22)11-7-13/h1-11H. The van der Waals surface area contributed by atoms with Crippen LogP contribution in [-0.4, -0.2) is 11.9 Å². The van der Waals surface area contributed by atoms with Crippen molar-refractivity contribution in [3.63, 3.8) is 0 Å². The van der Waals surface area contributed by atoms with Crippen LogP contribution in [0.1, 0.15) is 20.7 Å². The molecule has 0 fully saturated rings. The van der Waals surface area contributed by atoms with Crippen LogP contribution >= 0.6 is 23.2 Å². The lowest BCUT2D eigenvalue weighted by Gasteiger charge is -2.11. The summed E-state index contributed by atoms with van der Waals surface area (Å²) < 4.78 is 24.5. The maximum atomic E-state index is 14.2. The molecule has 0 amide bonds.